The van der Waals surface area contributed by atoms with Gasteiger partial charge in [-0.25, -0.2) is 4.98 Å². The number of aliphatic hydroxyl groups is 1. The summed E-state index contributed by atoms with van der Waals surface area (Å²) in [5.41, 5.74) is 0.586. The van der Waals surface area contributed by atoms with Crippen molar-refractivity contribution in [3.63, 3.8) is 0 Å². The molecule has 0 aromatic carbocycles. The molecule has 0 spiro atoms. The highest BCUT2D eigenvalue weighted by Crippen LogP contribution is 2.15. The highest BCUT2D eigenvalue weighted by molar-refractivity contribution is 7.99. The smallest absolute Gasteiger partial charge is 0.251 e. The molecule has 0 radical (unpaired) electrons. The maximum Gasteiger partial charge on any atom is 0.251 e. The first-order chi connectivity index (χ1) is 8.21. The molecule has 1 aromatic heterocycles. The van der Waals surface area contributed by atoms with Crippen LogP contribution in [0.5, 0.6) is 0 Å². The summed E-state index contributed by atoms with van der Waals surface area (Å²) in [5, 5.41) is 12.7. The van der Waals surface area contributed by atoms with Crippen LogP contribution in [0.25, 0.3) is 0 Å². The van der Waals surface area contributed by atoms with Gasteiger partial charge in [0.25, 0.3) is 5.91 Å². The number of pyridine rings is 1. The summed E-state index contributed by atoms with van der Waals surface area (Å²) in [7, 11) is 0. The fraction of sp³-hybridized carbons (Fsp3) is 0.500. The predicted molar refractivity (Wildman–Crippen MR) is 69.3 cm³/mol. The zero-order valence-corrected chi connectivity index (χ0v) is 11.0. The molecule has 0 fully saturated rings. The Morgan fingerprint density at radius 3 is 2.94 bits per heavy atom. The van der Waals surface area contributed by atoms with E-state index in [1.807, 2.05) is 13.8 Å². The van der Waals surface area contributed by atoms with Crippen LogP contribution >= 0.6 is 11.8 Å². The number of thioether (sulfide) groups is 1. The number of carbonyl (C=O) groups is 1. The zero-order chi connectivity index (χ0) is 12.7. The van der Waals surface area contributed by atoms with E-state index in [4.69, 9.17) is 5.11 Å². The molecule has 0 aliphatic carbocycles. The molecule has 1 rings (SSSR count). The van der Waals surface area contributed by atoms with Crippen LogP contribution in [0, 0.1) is 0 Å². The monoisotopic (exact) mass is 254 g/mol. The summed E-state index contributed by atoms with van der Waals surface area (Å²) >= 11 is 1.60. The van der Waals surface area contributed by atoms with E-state index < -0.39 is 0 Å². The highest BCUT2D eigenvalue weighted by Gasteiger charge is 2.11. The molecule has 1 unspecified atom stereocenters. The van der Waals surface area contributed by atoms with E-state index in [-0.39, 0.29) is 18.6 Å². The van der Waals surface area contributed by atoms with Crippen molar-refractivity contribution in [1.29, 1.82) is 0 Å². The summed E-state index contributed by atoms with van der Waals surface area (Å²) in [6.07, 6.45) is 2.34. The van der Waals surface area contributed by atoms with Gasteiger partial charge >= 0.3 is 0 Å². The van der Waals surface area contributed by atoms with Crippen molar-refractivity contribution < 1.29 is 9.90 Å². The predicted octanol–water partition coefficient (Wildman–Crippen LogP) is 1.69. The van der Waals surface area contributed by atoms with Crippen molar-refractivity contribution in [2.24, 2.45) is 0 Å². The molecular formula is C12H18N2O2S. The van der Waals surface area contributed by atoms with Crippen LogP contribution in [-0.2, 0) is 0 Å². The second kappa shape index (κ2) is 7.29. The molecule has 0 bridgehead atoms. The van der Waals surface area contributed by atoms with Crippen molar-refractivity contribution in [1.82, 2.24) is 10.3 Å². The van der Waals surface area contributed by atoms with E-state index in [2.05, 4.69) is 10.3 Å². The third-order valence-electron chi connectivity index (χ3n) is 2.34. The average molecular weight is 254 g/mol. The second-order valence-electron chi connectivity index (χ2n) is 3.58. The van der Waals surface area contributed by atoms with Crippen LogP contribution in [0.4, 0.5) is 0 Å². The lowest BCUT2D eigenvalue weighted by molar-refractivity contribution is 0.0914. The number of aliphatic hydroxyl groups excluding tert-OH is 1. The Hall–Kier alpha value is -1.07. The Kier molecular flexibility index (Phi) is 6.00. The number of amides is 1. The molecule has 0 saturated heterocycles. The first-order valence-electron chi connectivity index (χ1n) is 5.71. The molecule has 2 N–H and O–H groups in total. The van der Waals surface area contributed by atoms with Crippen LogP contribution < -0.4 is 5.32 Å². The molecule has 17 heavy (non-hydrogen) atoms. The van der Waals surface area contributed by atoms with Crippen molar-refractivity contribution in [3.8, 4) is 0 Å². The normalized spacial score (nSPS) is 12.2. The lowest BCUT2D eigenvalue weighted by Crippen LogP contribution is -2.36. The Morgan fingerprint density at radius 2 is 2.35 bits per heavy atom. The van der Waals surface area contributed by atoms with Crippen molar-refractivity contribution in [2.75, 3.05) is 12.4 Å². The Bertz CT molecular complexity index is 367. The molecule has 4 nitrogen and oxygen atoms in total. The standard InChI is InChI=1S/C12H18N2O2S/c1-3-10(8-15)14-12(16)9-5-6-13-11(7-9)17-4-2/h5-7,10,15H,3-4,8H2,1-2H3,(H,14,16). The minimum atomic E-state index is -0.182. The van der Waals surface area contributed by atoms with Gasteiger partial charge in [0.05, 0.1) is 17.7 Å². The Balaban J connectivity index is 2.71. The summed E-state index contributed by atoms with van der Waals surface area (Å²) < 4.78 is 0. The van der Waals surface area contributed by atoms with Crippen molar-refractivity contribution >= 4 is 17.7 Å². The van der Waals surface area contributed by atoms with Crippen LogP contribution in [0.3, 0.4) is 0 Å². The van der Waals surface area contributed by atoms with Gasteiger partial charge in [-0.3, -0.25) is 4.79 Å². The summed E-state index contributed by atoms with van der Waals surface area (Å²) in [4.78, 5) is 16.0. The fourth-order valence-electron chi connectivity index (χ4n) is 1.32. The first-order valence-corrected chi connectivity index (χ1v) is 6.70. The molecule has 1 atom stereocenters. The lowest BCUT2D eigenvalue weighted by atomic mass is 10.2. The van der Waals surface area contributed by atoms with Crippen molar-refractivity contribution in [2.45, 2.75) is 31.3 Å². The van der Waals surface area contributed by atoms with Gasteiger partial charge < -0.3 is 10.4 Å². The Morgan fingerprint density at radius 1 is 1.59 bits per heavy atom. The van der Waals surface area contributed by atoms with E-state index >= 15 is 0 Å². The van der Waals surface area contributed by atoms with Gasteiger partial charge in [-0.2, -0.15) is 0 Å². The SMILES string of the molecule is CCSc1cc(C(=O)NC(CC)CO)ccn1. The van der Waals surface area contributed by atoms with Gasteiger partial charge in [0.15, 0.2) is 0 Å². The second-order valence-corrected chi connectivity index (χ2v) is 4.86. The molecule has 0 aliphatic heterocycles. The van der Waals surface area contributed by atoms with Crippen LogP contribution in [0.1, 0.15) is 30.6 Å². The number of carbonyl (C=O) groups excluding carboxylic acids is 1. The Labute approximate surface area is 106 Å². The van der Waals surface area contributed by atoms with E-state index in [1.54, 1.807) is 30.1 Å². The maximum atomic E-state index is 11.9. The number of hydrogen-bond donors (Lipinski definition) is 2. The molecule has 1 amide bonds. The van der Waals surface area contributed by atoms with Crippen LogP contribution in [-0.4, -0.2) is 34.4 Å². The van der Waals surface area contributed by atoms with Gasteiger partial charge in [-0.05, 0) is 24.3 Å². The summed E-state index contributed by atoms with van der Waals surface area (Å²) in [6.45, 7) is 3.92. The van der Waals surface area contributed by atoms with Crippen molar-refractivity contribution in [3.05, 3.63) is 23.9 Å². The zero-order valence-electron chi connectivity index (χ0n) is 10.1. The van der Waals surface area contributed by atoms with E-state index in [0.29, 0.717) is 12.0 Å². The summed E-state index contributed by atoms with van der Waals surface area (Å²) in [5.74, 6) is 0.762. The maximum absolute atomic E-state index is 11.9. The average Bonchev–Trinajstić information content (AvgIpc) is 2.36. The largest absolute Gasteiger partial charge is 0.394 e. The number of nitrogens with zero attached hydrogens (tertiary/aromatic N) is 1. The molecular weight excluding hydrogens is 236 g/mol. The van der Waals surface area contributed by atoms with Gasteiger partial charge in [0, 0.05) is 11.8 Å². The van der Waals surface area contributed by atoms with Gasteiger partial charge in [-0.1, -0.05) is 13.8 Å². The molecule has 1 aromatic rings. The van der Waals surface area contributed by atoms with E-state index in [9.17, 15) is 4.79 Å². The lowest BCUT2D eigenvalue weighted by Gasteiger charge is -2.14. The molecule has 94 valence electrons. The minimum Gasteiger partial charge on any atom is -0.394 e. The number of rotatable bonds is 6. The number of hydrogen-bond acceptors (Lipinski definition) is 4. The molecule has 0 saturated carbocycles. The van der Waals surface area contributed by atoms with Gasteiger partial charge in [-0.15, -0.1) is 11.8 Å². The number of nitrogens with one attached hydrogen (secondary N) is 1. The van der Waals surface area contributed by atoms with Gasteiger partial charge in [0.1, 0.15) is 0 Å². The molecule has 5 heteroatoms. The minimum absolute atomic E-state index is 0.0378. The van der Waals surface area contributed by atoms with Gasteiger partial charge in [0.2, 0.25) is 0 Å². The van der Waals surface area contributed by atoms with E-state index in [1.165, 1.54) is 0 Å². The van der Waals surface area contributed by atoms with E-state index in [0.717, 1.165) is 10.8 Å². The fourth-order valence-corrected chi connectivity index (χ4v) is 1.96. The van der Waals surface area contributed by atoms with Crippen LogP contribution in [0.2, 0.25) is 0 Å². The first kappa shape index (κ1) is 14.0. The quantitative estimate of drug-likeness (QED) is 0.758. The number of aromatic nitrogens is 1. The molecule has 0 aliphatic rings. The summed E-state index contributed by atoms with van der Waals surface area (Å²) in [6, 6.07) is 3.27. The third kappa shape index (κ3) is 4.36. The topological polar surface area (TPSA) is 62.2 Å². The van der Waals surface area contributed by atoms with Crippen LogP contribution in [0.15, 0.2) is 23.4 Å². The highest BCUT2D eigenvalue weighted by atomic mass is 32.2. The third-order valence-corrected chi connectivity index (χ3v) is 3.15. The molecule has 1 heterocycles.